The zero-order valence-electron chi connectivity index (χ0n) is 10.5. The minimum absolute atomic E-state index is 0.832. The third-order valence-electron chi connectivity index (χ3n) is 3.73. The van der Waals surface area contributed by atoms with E-state index in [4.69, 9.17) is 0 Å². The average Bonchev–Trinajstić information content (AvgIpc) is 2.30. The molecule has 0 aromatic heterocycles. The molecule has 0 aliphatic carbocycles. The van der Waals surface area contributed by atoms with Gasteiger partial charge >= 0.3 is 0 Å². The Bertz CT molecular complexity index is 304. The van der Waals surface area contributed by atoms with Crippen LogP contribution in [0.1, 0.15) is 32.3 Å². The van der Waals surface area contributed by atoms with Gasteiger partial charge < -0.3 is 0 Å². The van der Waals surface area contributed by atoms with E-state index < -0.39 is 0 Å². The quantitative estimate of drug-likeness (QED) is 0.748. The molecule has 0 amide bonds. The van der Waals surface area contributed by atoms with E-state index in [0.29, 0.717) is 0 Å². The van der Waals surface area contributed by atoms with Crippen LogP contribution in [0.15, 0.2) is 30.3 Å². The first-order valence-corrected chi connectivity index (χ1v) is 6.52. The molecule has 1 heteroatoms. The van der Waals surface area contributed by atoms with Crippen LogP contribution in [0.4, 0.5) is 0 Å². The lowest BCUT2D eigenvalue weighted by Gasteiger charge is -2.34. The fourth-order valence-electron chi connectivity index (χ4n) is 2.62. The zero-order valence-corrected chi connectivity index (χ0v) is 10.5. The normalized spacial score (nSPS) is 22.6. The molecule has 1 nitrogen and oxygen atoms in total. The van der Waals surface area contributed by atoms with Crippen LogP contribution in [0.3, 0.4) is 0 Å². The zero-order chi connectivity index (χ0) is 11.4. The van der Waals surface area contributed by atoms with Crippen molar-refractivity contribution >= 4 is 0 Å². The van der Waals surface area contributed by atoms with Crippen molar-refractivity contribution < 1.29 is 0 Å². The van der Waals surface area contributed by atoms with Crippen LogP contribution in [0, 0.1) is 11.8 Å². The number of hydrogen-bond acceptors (Lipinski definition) is 1. The van der Waals surface area contributed by atoms with Crippen molar-refractivity contribution in [3.8, 4) is 0 Å². The highest BCUT2D eigenvalue weighted by Crippen LogP contribution is 2.24. The molecule has 88 valence electrons. The second kappa shape index (κ2) is 5.49. The highest BCUT2D eigenvalue weighted by atomic mass is 15.1. The van der Waals surface area contributed by atoms with E-state index in [9.17, 15) is 0 Å². The van der Waals surface area contributed by atoms with E-state index in [2.05, 4.69) is 49.1 Å². The Kier molecular flexibility index (Phi) is 4.00. The van der Waals surface area contributed by atoms with Crippen LogP contribution in [-0.4, -0.2) is 18.0 Å². The number of likely N-dealkylation sites (tertiary alicyclic amines) is 1. The summed E-state index contributed by atoms with van der Waals surface area (Å²) >= 11 is 0. The Labute approximate surface area is 99.5 Å². The summed E-state index contributed by atoms with van der Waals surface area (Å²) in [5, 5.41) is 0. The molecule has 1 aromatic rings. The molecule has 0 N–H and O–H groups in total. The number of piperidine rings is 1. The molecule has 1 saturated heterocycles. The lowest BCUT2D eigenvalue weighted by atomic mass is 9.88. The van der Waals surface area contributed by atoms with Gasteiger partial charge in [0.1, 0.15) is 0 Å². The molecule has 1 aromatic carbocycles. The summed E-state index contributed by atoms with van der Waals surface area (Å²) < 4.78 is 0. The van der Waals surface area contributed by atoms with Crippen molar-refractivity contribution in [2.75, 3.05) is 13.1 Å². The number of benzene rings is 1. The summed E-state index contributed by atoms with van der Waals surface area (Å²) in [5.74, 6) is 1.73. The van der Waals surface area contributed by atoms with E-state index in [1.807, 2.05) is 0 Å². The molecule has 1 fully saturated rings. The predicted octanol–water partition coefficient (Wildman–Crippen LogP) is 3.55. The monoisotopic (exact) mass is 217 g/mol. The number of rotatable bonds is 3. The molecule has 0 bridgehead atoms. The van der Waals surface area contributed by atoms with E-state index in [1.54, 1.807) is 0 Å². The second-order valence-electron chi connectivity index (χ2n) is 5.37. The van der Waals surface area contributed by atoms with Crippen LogP contribution in [0.2, 0.25) is 0 Å². The summed E-state index contributed by atoms with van der Waals surface area (Å²) in [6.45, 7) is 8.40. The first-order chi connectivity index (χ1) is 7.75. The van der Waals surface area contributed by atoms with Crippen LogP contribution in [0.25, 0.3) is 0 Å². The Balaban J connectivity index is 1.90. The molecule has 0 radical (unpaired) electrons. The second-order valence-corrected chi connectivity index (χ2v) is 5.37. The summed E-state index contributed by atoms with van der Waals surface area (Å²) in [6, 6.07) is 10.8. The lowest BCUT2D eigenvalue weighted by Crippen LogP contribution is -2.36. The van der Waals surface area contributed by atoms with Gasteiger partial charge in [-0.2, -0.15) is 0 Å². The van der Waals surface area contributed by atoms with Crippen LogP contribution >= 0.6 is 0 Å². The molecule has 16 heavy (non-hydrogen) atoms. The van der Waals surface area contributed by atoms with Crippen molar-refractivity contribution in [1.29, 1.82) is 0 Å². The van der Waals surface area contributed by atoms with Gasteiger partial charge in [-0.25, -0.2) is 0 Å². The Morgan fingerprint density at radius 2 is 2.00 bits per heavy atom. The molecule has 1 atom stereocenters. The molecule has 0 spiro atoms. The maximum atomic E-state index is 2.61. The first kappa shape index (κ1) is 11.7. The Morgan fingerprint density at radius 1 is 1.25 bits per heavy atom. The molecule has 1 heterocycles. The highest BCUT2D eigenvalue weighted by Gasteiger charge is 2.21. The third-order valence-corrected chi connectivity index (χ3v) is 3.73. The van der Waals surface area contributed by atoms with Gasteiger partial charge in [-0.3, -0.25) is 4.90 Å². The van der Waals surface area contributed by atoms with Crippen LogP contribution < -0.4 is 0 Å². The minimum Gasteiger partial charge on any atom is -0.299 e. The van der Waals surface area contributed by atoms with Gasteiger partial charge in [0.05, 0.1) is 0 Å². The molecule has 1 aliphatic heterocycles. The lowest BCUT2D eigenvalue weighted by molar-refractivity contribution is 0.139. The molecule has 0 unspecified atom stereocenters. The van der Waals surface area contributed by atoms with Crippen LogP contribution in [0.5, 0.6) is 0 Å². The standard InChI is InChI=1S/C15H23N/c1-13(2)15-9-6-10-16(12-15)11-14-7-4-3-5-8-14/h3-5,7-8,13,15H,6,9-12H2,1-2H3/t15-/m1/s1. The Morgan fingerprint density at radius 3 is 2.69 bits per heavy atom. The van der Waals surface area contributed by atoms with Gasteiger partial charge in [-0.1, -0.05) is 44.2 Å². The van der Waals surface area contributed by atoms with Gasteiger partial charge in [0, 0.05) is 13.1 Å². The fourth-order valence-corrected chi connectivity index (χ4v) is 2.62. The van der Waals surface area contributed by atoms with Gasteiger partial charge in [-0.15, -0.1) is 0 Å². The Hall–Kier alpha value is -0.820. The third kappa shape index (κ3) is 3.08. The van der Waals surface area contributed by atoms with Crippen molar-refractivity contribution in [3.05, 3.63) is 35.9 Å². The molecular formula is C15H23N. The molecule has 1 aliphatic rings. The minimum atomic E-state index is 0.832. The fraction of sp³-hybridized carbons (Fsp3) is 0.600. The maximum absolute atomic E-state index is 2.61. The topological polar surface area (TPSA) is 3.24 Å². The SMILES string of the molecule is CC(C)[C@@H]1CCCN(Cc2ccccc2)C1. The van der Waals surface area contributed by atoms with Crippen molar-refractivity contribution in [2.24, 2.45) is 11.8 Å². The highest BCUT2D eigenvalue weighted by molar-refractivity contribution is 5.14. The van der Waals surface area contributed by atoms with Gasteiger partial charge in [0.15, 0.2) is 0 Å². The summed E-state index contributed by atoms with van der Waals surface area (Å²) in [7, 11) is 0. The van der Waals surface area contributed by atoms with E-state index in [0.717, 1.165) is 18.4 Å². The summed E-state index contributed by atoms with van der Waals surface area (Å²) in [4.78, 5) is 2.61. The van der Waals surface area contributed by atoms with Gasteiger partial charge in [0.2, 0.25) is 0 Å². The predicted molar refractivity (Wildman–Crippen MR) is 69.3 cm³/mol. The van der Waals surface area contributed by atoms with Crippen LogP contribution in [-0.2, 0) is 6.54 Å². The van der Waals surface area contributed by atoms with Crippen molar-refractivity contribution in [1.82, 2.24) is 4.90 Å². The largest absolute Gasteiger partial charge is 0.299 e. The van der Waals surface area contributed by atoms with E-state index in [1.165, 1.54) is 31.5 Å². The van der Waals surface area contributed by atoms with Crippen molar-refractivity contribution in [3.63, 3.8) is 0 Å². The van der Waals surface area contributed by atoms with Gasteiger partial charge in [-0.05, 0) is 36.8 Å². The summed E-state index contributed by atoms with van der Waals surface area (Å²) in [6.07, 6.45) is 2.79. The molecule has 0 saturated carbocycles. The van der Waals surface area contributed by atoms with E-state index in [-0.39, 0.29) is 0 Å². The first-order valence-electron chi connectivity index (χ1n) is 6.52. The smallest absolute Gasteiger partial charge is 0.0233 e. The van der Waals surface area contributed by atoms with Gasteiger partial charge in [0.25, 0.3) is 0 Å². The van der Waals surface area contributed by atoms with Crippen molar-refractivity contribution in [2.45, 2.75) is 33.2 Å². The maximum Gasteiger partial charge on any atom is 0.0233 e. The number of nitrogens with zero attached hydrogens (tertiary/aromatic N) is 1. The average molecular weight is 217 g/mol. The number of hydrogen-bond donors (Lipinski definition) is 0. The van der Waals surface area contributed by atoms with E-state index >= 15 is 0 Å². The molecule has 2 rings (SSSR count). The molecular weight excluding hydrogens is 194 g/mol. The summed E-state index contributed by atoms with van der Waals surface area (Å²) in [5.41, 5.74) is 1.45.